The topological polar surface area (TPSA) is 65.2 Å². The van der Waals surface area contributed by atoms with Gasteiger partial charge in [0.1, 0.15) is 0 Å². The molecule has 0 radical (unpaired) electrons. The highest BCUT2D eigenvalue weighted by Crippen LogP contribution is 2.36. The van der Waals surface area contributed by atoms with Gasteiger partial charge in [0, 0.05) is 18.3 Å². The summed E-state index contributed by atoms with van der Waals surface area (Å²) in [7, 11) is 1.60. The Morgan fingerprint density at radius 1 is 1.06 bits per heavy atom. The number of anilines is 1. The first-order valence-corrected chi connectivity index (χ1v) is 9.68. The van der Waals surface area contributed by atoms with Crippen LogP contribution in [-0.4, -0.2) is 34.3 Å². The Balaban J connectivity index is 1.82. The highest BCUT2D eigenvalue weighted by Gasteiger charge is 2.34. The number of alkyl halides is 3. The Morgan fingerprint density at radius 3 is 2.44 bits per heavy atom. The summed E-state index contributed by atoms with van der Waals surface area (Å²) >= 11 is 0. The summed E-state index contributed by atoms with van der Waals surface area (Å²) in [6.45, 7) is 1.97. The van der Waals surface area contributed by atoms with Gasteiger partial charge in [-0.2, -0.15) is 23.5 Å². The van der Waals surface area contributed by atoms with Gasteiger partial charge in [-0.1, -0.05) is 6.07 Å². The number of nitriles is 1. The highest BCUT2D eigenvalue weighted by atomic mass is 19.4. The van der Waals surface area contributed by atoms with Crippen molar-refractivity contribution >= 4 is 17.3 Å². The minimum atomic E-state index is -4.52. The Morgan fingerprint density at radius 2 is 1.78 bits per heavy atom. The van der Waals surface area contributed by atoms with Crippen molar-refractivity contribution in [3.05, 3.63) is 83.3 Å². The monoisotopic (exact) mass is 437 g/mol. The first kappa shape index (κ1) is 21.2. The zero-order valence-electron chi connectivity index (χ0n) is 17.3. The first-order valence-electron chi connectivity index (χ1n) is 9.68. The average Bonchev–Trinajstić information content (AvgIpc) is 3.26. The van der Waals surface area contributed by atoms with Crippen molar-refractivity contribution in [2.75, 3.05) is 18.5 Å². The Kier molecular flexibility index (Phi) is 5.22. The minimum absolute atomic E-state index is 0.135. The van der Waals surface area contributed by atoms with Crippen LogP contribution in [0.1, 0.15) is 23.7 Å². The summed E-state index contributed by atoms with van der Waals surface area (Å²) in [6, 6.07) is 15.0. The third kappa shape index (κ3) is 3.71. The second kappa shape index (κ2) is 7.89. The summed E-state index contributed by atoms with van der Waals surface area (Å²) in [5, 5.41) is 13.4. The number of carbonyl (C=O) groups excluding carboxylic acids is 1. The lowest BCUT2D eigenvalue weighted by Gasteiger charge is -2.36. The van der Waals surface area contributed by atoms with E-state index in [1.807, 2.05) is 0 Å². The molecule has 9 heteroatoms. The molecular formula is C23H18F3N5O. The van der Waals surface area contributed by atoms with E-state index in [0.717, 1.165) is 23.4 Å². The molecule has 6 nitrogen and oxygen atoms in total. The van der Waals surface area contributed by atoms with E-state index in [1.165, 1.54) is 21.9 Å². The smallest absolute Gasteiger partial charge is 0.323 e. The molecule has 0 aliphatic carbocycles. The number of amides is 2. The average molecular weight is 437 g/mol. The van der Waals surface area contributed by atoms with Crippen LogP contribution in [0.3, 0.4) is 0 Å². The number of allylic oxidation sites excluding steroid dienone is 1. The van der Waals surface area contributed by atoms with Crippen LogP contribution in [0.4, 0.5) is 23.7 Å². The van der Waals surface area contributed by atoms with Crippen molar-refractivity contribution in [3.8, 4) is 11.8 Å². The van der Waals surface area contributed by atoms with Gasteiger partial charge in [0.15, 0.2) is 0 Å². The minimum Gasteiger partial charge on any atom is -0.323 e. The van der Waals surface area contributed by atoms with E-state index in [1.54, 1.807) is 55.2 Å². The summed E-state index contributed by atoms with van der Waals surface area (Å²) in [6.07, 6.45) is -2.91. The number of urea groups is 1. The van der Waals surface area contributed by atoms with E-state index in [9.17, 15) is 18.0 Å². The molecule has 0 spiro atoms. The normalized spacial score (nSPS) is 14.7. The second-order valence-electron chi connectivity index (χ2n) is 7.37. The number of nitrogens with zero attached hydrogens (tertiary/aromatic N) is 5. The summed E-state index contributed by atoms with van der Waals surface area (Å²) in [4.78, 5) is 15.6. The van der Waals surface area contributed by atoms with Crippen LogP contribution < -0.4 is 4.90 Å². The van der Waals surface area contributed by atoms with Gasteiger partial charge in [-0.3, -0.25) is 4.90 Å². The molecule has 1 aliphatic heterocycles. The molecule has 4 rings (SSSR count). The third-order valence-electron chi connectivity index (χ3n) is 5.31. The lowest BCUT2D eigenvalue weighted by molar-refractivity contribution is -0.137. The van der Waals surface area contributed by atoms with E-state index >= 15 is 0 Å². The number of hydrogen-bond acceptors (Lipinski definition) is 3. The number of aromatic nitrogens is 2. The molecule has 2 aromatic carbocycles. The fourth-order valence-corrected chi connectivity index (χ4v) is 3.67. The molecule has 1 aromatic heterocycles. The molecule has 32 heavy (non-hydrogen) atoms. The van der Waals surface area contributed by atoms with Crippen LogP contribution in [0.25, 0.3) is 11.3 Å². The molecule has 0 saturated carbocycles. The molecular weight excluding hydrogens is 419 g/mol. The van der Waals surface area contributed by atoms with Crippen molar-refractivity contribution in [3.63, 3.8) is 0 Å². The predicted molar refractivity (Wildman–Crippen MR) is 113 cm³/mol. The number of carbonyl (C=O) groups is 1. The van der Waals surface area contributed by atoms with Crippen LogP contribution in [0.5, 0.6) is 0 Å². The Labute approximate surface area is 182 Å². The molecule has 2 amide bonds. The van der Waals surface area contributed by atoms with Crippen LogP contribution in [0.15, 0.2) is 66.5 Å². The van der Waals surface area contributed by atoms with Crippen LogP contribution in [0, 0.1) is 11.3 Å². The van der Waals surface area contributed by atoms with E-state index in [4.69, 9.17) is 5.26 Å². The Bertz CT molecular complexity index is 1250. The van der Waals surface area contributed by atoms with Crippen molar-refractivity contribution in [1.82, 2.24) is 14.7 Å². The zero-order chi connectivity index (χ0) is 23.0. The number of likely N-dealkylation sites (N-methyl/N-ethyl adjacent to an activating group) is 1. The molecule has 0 unspecified atom stereocenters. The fraction of sp³-hybridized carbons (Fsp3) is 0.174. The van der Waals surface area contributed by atoms with Crippen molar-refractivity contribution in [2.24, 2.45) is 0 Å². The van der Waals surface area contributed by atoms with E-state index in [-0.39, 0.29) is 12.2 Å². The van der Waals surface area contributed by atoms with Crippen LogP contribution in [0.2, 0.25) is 0 Å². The van der Waals surface area contributed by atoms with Crippen molar-refractivity contribution in [1.29, 1.82) is 5.26 Å². The maximum absolute atomic E-state index is 13.2. The largest absolute Gasteiger partial charge is 0.416 e. The summed E-state index contributed by atoms with van der Waals surface area (Å²) in [5.41, 5.74) is 2.49. The van der Waals surface area contributed by atoms with Gasteiger partial charge in [-0.15, -0.1) is 0 Å². The number of benzene rings is 2. The van der Waals surface area contributed by atoms with Gasteiger partial charge < -0.3 is 4.90 Å². The molecule has 0 saturated heterocycles. The molecule has 0 N–H and O–H groups in total. The van der Waals surface area contributed by atoms with Crippen LogP contribution in [-0.2, 0) is 6.18 Å². The van der Waals surface area contributed by atoms with Gasteiger partial charge in [0.25, 0.3) is 0 Å². The quantitative estimate of drug-likeness (QED) is 0.575. The maximum Gasteiger partial charge on any atom is 0.416 e. The molecule has 162 valence electrons. The molecule has 3 aromatic rings. The fourth-order valence-electron chi connectivity index (χ4n) is 3.67. The SMILES string of the molecule is CC1=C(c2ccnn2-c2ccc(C#N)cc2)CN(C)C(=O)N1c1cccc(C(F)(F)F)c1. The molecule has 2 heterocycles. The molecule has 0 bridgehead atoms. The summed E-state index contributed by atoms with van der Waals surface area (Å²) in [5.74, 6) is 0. The van der Waals surface area contributed by atoms with Gasteiger partial charge >= 0.3 is 12.2 Å². The Hall–Kier alpha value is -4.06. The highest BCUT2D eigenvalue weighted by molar-refractivity contribution is 6.00. The van der Waals surface area contributed by atoms with Gasteiger partial charge in [-0.25, -0.2) is 9.48 Å². The zero-order valence-corrected chi connectivity index (χ0v) is 17.3. The van der Waals surface area contributed by atoms with Gasteiger partial charge in [0.05, 0.1) is 47.0 Å². The lowest BCUT2D eigenvalue weighted by atomic mass is 10.1. The van der Waals surface area contributed by atoms with Crippen LogP contribution >= 0.6 is 0 Å². The predicted octanol–water partition coefficient (Wildman–Crippen LogP) is 5.07. The van der Waals surface area contributed by atoms with Crippen molar-refractivity contribution < 1.29 is 18.0 Å². The van der Waals surface area contributed by atoms with E-state index in [2.05, 4.69) is 11.2 Å². The third-order valence-corrected chi connectivity index (χ3v) is 5.31. The van der Waals surface area contributed by atoms with E-state index < -0.39 is 17.8 Å². The van der Waals surface area contributed by atoms with Gasteiger partial charge in [-0.05, 0) is 55.5 Å². The molecule has 0 fully saturated rings. The number of halogens is 3. The summed E-state index contributed by atoms with van der Waals surface area (Å²) < 4.78 is 41.4. The maximum atomic E-state index is 13.2. The standard InChI is InChI=1S/C23H18F3N5O/c1-15-20(21-10-11-28-31(21)18-8-6-16(13-27)7-9-18)14-29(2)22(32)30(15)19-5-3-4-17(12-19)23(24,25)26/h3-12H,14H2,1-2H3. The number of rotatable bonds is 3. The van der Waals surface area contributed by atoms with Gasteiger partial charge in [0.2, 0.25) is 0 Å². The molecule has 1 aliphatic rings. The molecule has 0 atom stereocenters. The van der Waals surface area contributed by atoms with Crippen molar-refractivity contribution in [2.45, 2.75) is 13.1 Å². The second-order valence-corrected chi connectivity index (χ2v) is 7.37. The lowest BCUT2D eigenvalue weighted by Crippen LogP contribution is -2.45. The first-order chi connectivity index (χ1) is 15.2. The van der Waals surface area contributed by atoms with E-state index in [0.29, 0.717) is 17.0 Å². The number of hydrogen-bond donors (Lipinski definition) is 0.